The number of halogens is 4. The van der Waals surface area contributed by atoms with Gasteiger partial charge in [-0.25, -0.2) is 15.1 Å². The first kappa shape index (κ1) is 26.8. The van der Waals surface area contributed by atoms with Gasteiger partial charge in [-0.15, -0.1) is 0 Å². The Hall–Kier alpha value is -3.27. The Morgan fingerprint density at radius 2 is 1.81 bits per heavy atom. The van der Waals surface area contributed by atoms with Gasteiger partial charge in [-0.2, -0.15) is 13.2 Å². The summed E-state index contributed by atoms with van der Waals surface area (Å²) in [7, 11) is 0. The second-order valence-corrected chi connectivity index (χ2v) is 9.74. The van der Waals surface area contributed by atoms with Gasteiger partial charge in [-0.3, -0.25) is 10.3 Å². The van der Waals surface area contributed by atoms with E-state index in [2.05, 4.69) is 5.48 Å². The zero-order valence-corrected chi connectivity index (χ0v) is 20.8. The van der Waals surface area contributed by atoms with Crippen LogP contribution in [0.3, 0.4) is 0 Å². The summed E-state index contributed by atoms with van der Waals surface area (Å²) < 4.78 is 40.1. The number of amides is 2. The van der Waals surface area contributed by atoms with E-state index < -0.39 is 23.8 Å². The number of rotatable bonds is 6. The van der Waals surface area contributed by atoms with Crippen LogP contribution in [0.2, 0.25) is 5.02 Å². The summed E-state index contributed by atoms with van der Waals surface area (Å²) in [6.45, 7) is 0.239. The third kappa shape index (κ3) is 6.54. The maximum Gasteiger partial charge on any atom is 0.416 e. The third-order valence-electron chi connectivity index (χ3n) is 6.73. The zero-order chi connectivity index (χ0) is 26.6. The number of urea groups is 1. The predicted octanol–water partition coefficient (Wildman–Crippen LogP) is 6.34. The van der Waals surface area contributed by atoms with E-state index in [0.29, 0.717) is 16.3 Å². The highest BCUT2D eigenvalue weighted by atomic mass is 35.5. The van der Waals surface area contributed by atoms with Crippen LogP contribution in [0.15, 0.2) is 48.5 Å². The zero-order valence-electron chi connectivity index (χ0n) is 20.1. The third-order valence-corrected chi connectivity index (χ3v) is 6.98. The van der Waals surface area contributed by atoms with E-state index in [-0.39, 0.29) is 37.2 Å². The van der Waals surface area contributed by atoms with Gasteiger partial charge in [0.15, 0.2) is 0 Å². The van der Waals surface area contributed by atoms with E-state index >= 15 is 0 Å². The molecule has 2 aliphatic rings. The standard InChI is InChI=1S/C26H28ClF3N4O3/c27-20-9-11-21(12-10-20)34-22(18-7-4-8-19(15-18)26(28,29)30)16-33(25(34)36)14-13-23(31)32-37-24(35)17-5-2-1-3-6-17/h4,7-12,15,17,22H,1-3,5-6,13-14,16H2,(H2,31,32). The molecule has 2 N–H and O–H groups in total. The number of alkyl halides is 3. The monoisotopic (exact) mass is 536 g/mol. The van der Waals surface area contributed by atoms with Crippen LogP contribution in [0, 0.1) is 11.3 Å². The van der Waals surface area contributed by atoms with Crippen molar-refractivity contribution >= 4 is 35.1 Å². The molecule has 2 fully saturated rings. The van der Waals surface area contributed by atoms with Gasteiger partial charge in [0.2, 0.25) is 0 Å². The lowest BCUT2D eigenvalue weighted by atomic mass is 9.89. The van der Waals surface area contributed by atoms with E-state index in [1.807, 2.05) is 0 Å². The van der Waals surface area contributed by atoms with Crippen LogP contribution in [0.25, 0.3) is 0 Å². The van der Waals surface area contributed by atoms with Crippen molar-refractivity contribution in [3.8, 4) is 0 Å². The van der Waals surface area contributed by atoms with Crippen LogP contribution in [-0.4, -0.2) is 35.8 Å². The fourth-order valence-corrected chi connectivity index (χ4v) is 4.87. The Morgan fingerprint density at radius 3 is 2.49 bits per heavy atom. The summed E-state index contributed by atoms with van der Waals surface area (Å²) in [6, 6.07) is 10.3. The molecule has 198 valence electrons. The van der Waals surface area contributed by atoms with Crippen LogP contribution >= 0.6 is 11.6 Å². The molecular formula is C26H28ClF3N4O3. The highest BCUT2D eigenvalue weighted by molar-refractivity contribution is 6.30. The first-order valence-corrected chi connectivity index (χ1v) is 12.6. The smallest absolute Gasteiger partial charge is 0.342 e. The molecule has 0 aromatic heterocycles. The molecule has 1 atom stereocenters. The summed E-state index contributed by atoms with van der Waals surface area (Å²) in [4.78, 5) is 33.5. The summed E-state index contributed by atoms with van der Waals surface area (Å²) in [5.41, 5.74) is 2.42. The van der Waals surface area contributed by atoms with Crippen molar-refractivity contribution in [2.75, 3.05) is 18.0 Å². The Morgan fingerprint density at radius 1 is 1.11 bits per heavy atom. The molecule has 1 aliphatic carbocycles. The molecule has 2 aromatic rings. The maximum absolute atomic E-state index is 13.4. The van der Waals surface area contributed by atoms with E-state index in [1.54, 1.807) is 30.3 Å². The number of hydrogen-bond donors (Lipinski definition) is 2. The summed E-state index contributed by atoms with van der Waals surface area (Å²) in [5.74, 6) is -0.631. The van der Waals surface area contributed by atoms with Gasteiger partial charge < -0.3 is 9.74 Å². The van der Waals surface area contributed by atoms with Crippen LogP contribution in [-0.2, 0) is 15.8 Å². The molecule has 1 unspecified atom stereocenters. The number of hydroxylamine groups is 1. The Labute approximate surface area is 218 Å². The number of nitrogens with one attached hydrogen (secondary N) is 2. The fourth-order valence-electron chi connectivity index (χ4n) is 4.74. The molecule has 37 heavy (non-hydrogen) atoms. The molecule has 4 rings (SSSR count). The van der Waals surface area contributed by atoms with Crippen LogP contribution in [0.5, 0.6) is 0 Å². The number of benzene rings is 2. The summed E-state index contributed by atoms with van der Waals surface area (Å²) in [6.07, 6.45) is 0.163. The fraction of sp³-hybridized carbons (Fsp3) is 0.423. The maximum atomic E-state index is 13.4. The second-order valence-electron chi connectivity index (χ2n) is 9.30. The van der Waals surface area contributed by atoms with E-state index in [9.17, 15) is 22.8 Å². The van der Waals surface area contributed by atoms with Gasteiger partial charge >= 0.3 is 18.2 Å². The summed E-state index contributed by atoms with van der Waals surface area (Å²) >= 11 is 5.99. The molecule has 1 saturated carbocycles. The molecule has 0 radical (unpaired) electrons. The molecule has 1 heterocycles. The lowest BCUT2D eigenvalue weighted by molar-refractivity contribution is -0.154. The topological polar surface area (TPSA) is 85.7 Å². The van der Waals surface area contributed by atoms with Gasteiger partial charge in [0, 0.05) is 30.2 Å². The van der Waals surface area contributed by atoms with Gasteiger partial charge in [-0.05, 0) is 54.8 Å². The van der Waals surface area contributed by atoms with Gasteiger partial charge in [0.25, 0.3) is 0 Å². The van der Waals surface area contributed by atoms with Crippen LogP contribution in [0.4, 0.5) is 23.7 Å². The van der Waals surface area contributed by atoms with E-state index in [1.165, 1.54) is 15.9 Å². The van der Waals surface area contributed by atoms with Crippen molar-refractivity contribution in [3.05, 3.63) is 64.7 Å². The van der Waals surface area contributed by atoms with Gasteiger partial charge in [0.1, 0.15) is 5.84 Å². The minimum atomic E-state index is -4.51. The number of amidine groups is 1. The van der Waals surface area contributed by atoms with Crippen molar-refractivity contribution < 1.29 is 27.6 Å². The Kier molecular flexibility index (Phi) is 8.26. The molecule has 11 heteroatoms. The highest BCUT2D eigenvalue weighted by Gasteiger charge is 2.40. The second kappa shape index (κ2) is 11.4. The summed E-state index contributed by atoms with van der Waals surface area (Å²) in [5, 5.41) is 8.56. The van der Waals surface area contributed by atoms with Crippen molar-refractivity contribution in [3.63, 3.8) is 0 Å². The normalized spacial score (nSPS) is 18.7. The Balaban J connectivity index is 1.45. The molecule has 2 aromatic carbocycles. The first-order valence-electron chi connectivity index (χ1n) is 12.2. The quantitative estimate of drug-likeness (QED) is 0.256. The van der Waals surface area contributed by atoms with E-state index in [0.717, 1.165) is 44.2 Å². The molecule has 0 spiro atoms. The SMILES string of the molecule is N=C(CCN1CC(c2cccc(C(F)(F)F)c2)N(c2ccc(Cl)cc2)C1=O)NOC(=O)C1CCCCC1. The molecule has 0 bridgehead atoms. The number of anilines is 1. The number of hydrogen-bond acceptors (Lipinski definition) is 4. The number of nitrogens with zero attached hydrogens (tertiary/aromatic N) is 2. The van der Waals surface area contributed by atoms with Crippen molar-refractivity contribution in [1.82, 2.24) is 10.4 Å². The van der Waals surface area contributed by atoms with Crippen molar-refractivity contribution in [2.24, 2.45) is 5.92 Å². The average Bonchev–Trinajstić information content (AvgIpc) is 3.22. The average molecular weight is 537 g/mol. The van der Waals surface area contributed by atoms with Gasteiger partial charge in [0.05, 0.1) is 17.5 Å². The Bertz CT molecular complexity index is 1140. The van der Waals surface area contributed by atoms with Crippen LogP contribution in [0.1, 0.15) is 55.7 Å². The molecule has 1 aliphatic heterocycles. The lowest BCUT2D eigenvalue weighted by Gasteiger charge is -2.24. The minimum Gasteiger partial charge on any atom is -0.342 e. The molecular weight excluding hydrogens is 509 g/mol. The number of carbonyl (C=O) groups is 2. The predicted molar refractivity (Wildman–Crippen MR) is 133 cm³/mol. The molecule has 1 saturated heterocycles. The molecule has 2 amide bonds. The molecule has 7 nitrogen and oxygen atoms in total. The van der Waals surface area contributed by atoms with Gasteiger partial charge in [-0.1, -0.05) is 43.0 Å². The van der Waals surface area contributed by atoms with Crippen molar-refractivity contribution in [1.29, 1.82) is 5.41 Å². The minimum absolute atomic E-state index is 0.0717. The number of carbonyl (C=O) groups excluding carboxylic acids is 2. The largest absolute Gasteiger partial charge is 0.416 e. The first-order chi connectivity index (χ1) is 17.6. The lowest BCUT2D eigenvalue weighted by Crippen LogP contribution is -2.36. The van der Waals surface area contributed by atoms with E-state index in [4.69, 9.17) is 21.8 Å². The highest BCUT2D eigenvalue weighted by Crippen LogP contribution is 2.37. The van der Waals surface area contributed by atoms with Crippen LogP contribution < -0.4 is 10.4 Å². The van der Waals surface area contributed by atoms with Crippen molar-refractivity contribution in [2.45, 2.75) is 50.7 Å².